The molecule has 0 amide bonds. The molecule has 4 nitrogen and oxygen atoms in total. The lowest BCUT2D eigenvalue weighted by Crippen LogP contribution is -2.41. The molecule has 0 bridgehead atoms. The number of carbonyl (C=O) groups is 1. The minimum atomic E-state index is 0. The van der Waals surface area contributed by atoms with Crippen LogP contribution in [0, 0.1) is 0 Å². The van der Waals surface area contributed by atoms with Gasteiger partial charge in [0, 0.05) is 12.0 Å². The first-order valence-electron chi connectivity index (χ1n) is 7.54. The van der Waals surface area contributed by atoms with Crippen molar-refractivity contribution in [2.45, 2.75) is 63.3 Å². The molecule has 0 unspecified atom stereocenters. The van der Waals surface area contributed by atoms with Crippen LogP contribution < -0.4 is 5.32 Å². The van der Waals surface area contributed by atoms with Crippen LogP contribution in [-0.2, 0) is 11.2 Å². The summed E-state index contributed by atoms with van der Waals surface area (Å²) in [4.78, 5) is 12.1. The summed E-state index contributed by atoms with van der Waals surface area (Å²) >= 11 is 0. The van der Waals surface area contributed by atoms with Crippen molar-refractivity contribution in [2.24, 2.45) is 0 Å². The van der Waals surface area contributed by atoms with Crippen molar-refractivity contribution in [1.82, 2.24) is 10.5 Å². The van der Waals surface area contributed by atoms with Crippen LogP contribution >= 0.6 is 12.4 Å². The highest BCUT2D eigenvalue weighted by Gasteiger charge is 2.24. The molecular formula is C15H23ClN2O2. The molecule has 112 valence electrons. The normalized spacial score (nSPS) is 23.5. The monoisotopic (exact) mass is 298 g/mol. The lowest BCUT2D eigenvalue weighted by Gasteiger charge is -2.21. The number of aromatic nitrogens is 1. The predicted octanol–water partition coefficient (Wildman–Crippen LogP) is 3.01. The van der Waals surface area contributed by atoms with Gasteiger partial charge in [0.05, 0.1) is 18.2 Å². The molecular weight excluding hydrogens is 276 g/mol. The van der Waals surface area contributed by atoms with E-state index < -0.39 is 0 Å². The smallest absolute Gasteiger partial charge is 0.157 e. The number of hydrogen-bond donors (Lipinski definition) is 1. The standard InChI is InChI=1S/C15H22N2O2.ClH/c18-15(13-7-3-4-8-16-13)10-12-9-14(17-19-12)11-5-1-2-6-11;/h9,11,13,16H,1-8,10H2;1H/t13-;/m0./s1. The molecule has 1 aliphatic carbocycles. The summed E-state index contributed by atoms with van der Waals surface area (Å²) < 4.78 is 5.34. The Hall–Kier alpha value is -0.870. The summed E-state index contributed by atoms with van der Waals surface area (Å²) in [6, 6.07) is 2.02. The van der Waals surface area contributed by atoms with Crippen molar-refractivity contribution in [3.8, 4) is 0 Å². The van der Waals surface area contributed by atoms with Gasteiger partial charge in [-0.3, -0.25) is 4.79 Å². The molecule has 20 heavy (non-hydrogen) atoms. The van der Waals surface area contributed by atoms with Crippen molar-refractivity contribution in [1.29, 1.82) is 0 Å². The second-order valence-corrected chi connectivity index (χ2v) is 5.85. The van der Waals surface area contributed by atoms with Gasteiger partial charge in [-0.25, -0.2) is 0 Å². The van der Waals surface area contributed by atoms with E-state index in [0.29, 0.717) is 12.3 Å². The van der Waals surface area contributed by atoms with Gasteiger partial charge in [0.25, 0.3) is 0 Å². The van der Waals surface area contributed by atoms with Gasteiger partial charge >= 0.3 is 0 Å². The molecule has 1 N–H and O–H groups in total. The Kier molecular flexibility index (Phi) is 5.61. The molecule has 3 rings (SSSR count). The number of rotatable bonds is 4. The molecule has 5 heteroatoms. The number of Topliss-reactive ketones (excluding diaryl/α,β-unsaturated/α-hetero) is 1. The highest BCUT2D eigenvalue weighted by atomic mass is 35.5. The quantitative estimate of drug-likeness (QED) is 0.928. The first-order chi connectivity index (χ1) is 9.33. The van der Waals surface area contributed by atoms with E-state index in [4.69, 9.17) is 4.52 Å². The molecule has 0 spiro atoms. The Morgan fingerprint density at radius 2 is 2.00 bits per heavy atom. The number of halogens is 1. The average Bonchev–Trinajstić information content (AvgIpc) is 3.10. The molecule has 1 saturated heterocycles. The van der Waals surface area contributed by atoms with Crippen LogP contribution in [0.1, 0.15) is 62.3 Å². The van der Waals surface area contributed by atoms with E-state index in [1.54, 1.807) is 0 Å². The summed E-state index contributed by atoms with van der Waals surface area (Å²) in [6.45, 7) is 0.958. The van der Waals surface area contributed by atoms with Crippen molar-refractivity contribution in [3.05, 3.63) is 17.5 Å². The van der Waals surface area contributed by atoms with E-state index in [-0.39, 0.29) is 24.2 Å². The minimum absolute atomic E-state index is 0. The lowest BCUT2D eigenvalue weighted by molar-refractivity contribution is -0.121. The third-order valence-corrected chi connectivity index (χ3v) is 4.40. The van der Waals surface area contributed by atoms with Crippen LogP contribution in [-0.4, -0.2) is 23.5 Å². The maximum atomic E-state index is 12.1. The maximum absolute atomic E-state index is 12.1. The molecule has 2 aliphatic rings. The first kappa shape index (κ1) is 15.5. The molecule has 1 aromatic rings. The number of piperidine rings is 1. The third kappa shape index (κ3) is 3.61. The molecule has 1 saturated carbocycles. The van der Waals surface area contributed by atoms with E-state index in [2.05, 4.69) is 10.5 Å². The van der Waals surface area contributed by atoms with Gasteiger partial charge in [-0.1, -0.05) is 24.4 Å². The average molecular weight is 299 g/mol. The van der Waals surface area contributed by atoms with E-state index in [1.807, 2.05) is 6.07 Å². The number of nitrogens with zero attached hydrogens (tertiary/aromatic N) is 1. The Morgan fingerprint density at radius 1 is 1.25 bits per heavy atom. The van der Waals surface area contributed by atoms with Gasteiger partial charge in [0.15, 0.2) is 5.78 Å². The zero-order chi connectivity index (χ0) is 13.1. The van der Waals surface area contributed by atoms with E-state index in [1.165, 1.54) is 32.1 Å². The molecule has 1 atom stereocenters. The summed E-state index contributed by atoms with van der Waals surface area (Å²) in [5, 5.41) is 7.44. The summed E-state index contributed by atoms with van der Waals surface area (Å²) in [5.41, 5.74) is 1.05. The number of carbonyl (C=O) groups excluding carboxylic acids is 1. The van der Waals surface area contributed by atoms with E-state index >= 15 is 0 Å². The van der Waals surface area contributed by atoms with Crippen LogP contribution in [0.5, 0.6) is 0 Å². The van der Waals surface area contributed by atoms with Crippen LogP contribution in [0.3, 0.4) is 0 Å². The lowest BCUT2D eigenvalue weighted by atomic mass is 9.98. The number of nitrogens with one attached hydrogen (secondary N) is 1. The zero-order valence-electron chi connectivity index (χ0n) is 11.8. The third-order valence-electron chi connectivity index (χ3n) is 4.40. The molecule has 2 heterocycles. The topological polar surface area (TPSA) is 55.1 Å². The number of ketones is 1. The Morgan fingerprint density at radius 3 is 2.70 bits per heavy atom. The van der Waals surface area contributed by atoms with Crippen molar-refractivity contribution in [3.63, 3.8) is 0 Å². The molecule has 2 fully saturated rings. The van der Waals surface area contributed by atoms with Crippen molar-refractivity contribution in [2.75, 3.05) is 6.54 Å². The summed E-state index contributed by atoms with van der Waals surface area (Å²) in [7, 11) is 0. The SMILES string of the molecule is Cl.O=C(Cc1cc(C2CCCC2)no1)[C@@H]1CCCCN1. The zero-order valence-corrected chi connectivity index (χ0v) is 12.6. The fourth-order valence-corrected chi connectivity index (χ4v) is 3.25. The van der Waals surface area contributed by atoms with E-state index in [0.717, 1.165) is 30.8 Å². The highest BCUT2D eigenvalue weighted by Crippen LogP contribution is 2.33. The van der Waals surface area contributed by atoms with Crippen molar-refractivity contribution < 1.29 is 9.32 Å². The summed E-state index contributed by atoms with van der Waals surface area (Å²) in [6.07, 6.45) is 8.68. The largest absolute Gasteiger partial charge is 0.361 e. The highest BCUT2D eigenvalue weighted by molar-refractivity contribution is 5.85. The number of hydrogen-bond acceptors (Lipinski definition) is 4. The second kappa shape index (κ2) is 7.23. The van der Waals surface area contributed by atoms with Gasteiger partial charge in [0.1, 0.15) is 5.76 Å². The van der Waals surface area contributed by atoms with Crippen LogP contribution in [0.2, 0.25) is 0 Å². The minimum Gasteiger partial charge on any atom is -0.361 e. The van der Waals surface area contributed by atoms with Crippen LogP contribution in [0.25, 0.3) is 0 Å². The van der Waals surface area contributed by atoms with Crippen LogP contribution in [0.15, 0.2) is 10.6 Å². The van der Waals surface area contributed by atoms with E-state index in [9.17, 15) is 4.79 Å². The van der Waals surface area contributed by atoms with Crippen LogP contribution in [0.4, 0.5) is 0 Å². The Balaban J connectivity index is 0.00000147. The Labute approximate surface area is 126 Å². The van der Waals surface area contributed by atoms with Gasteiger partial charge < -0.3 is 9.84 Å². The van der Waals surface area contributed by atoms with Crippen molar-refractivity contribution >= 4 is 18.2 Å². The fraction of sp³-hybridized carbons (Fsp3) is 0.733. The molecule has 1 aliphatic heterocycles. The maximum Gasteiger partial charge on any atom is 0.157 e. The Bertz CT molecular complexity index is 435. The van der Waals surface area contributed by atoms with Gasteiger partial charge in [-0.15, -0.1) is 12.4 Å². The molecule has 1 aromatic heterocycles. The van der Waals surface area contributed by atoms with Gasteiger partial charge in [-0.05, 0) is 32.2 Å². The molecule has 0 aromatic carbocycles. The molecule has 0 radical (unpaired) electrons. The van der Waals surface area contributed by atoms with Gasteiger partial charge in [0.2, 0.25) is 0 Å². The predicted molar refractivity (Wildman–Crippen MR) is 79.3 cm³/mol. The van der Waals surface area contributed by atoms with Gasteiger partial charge in [-0.2, -0.15) is 0 Å². The first-order valence-corrected chi connectivity index (χ1v) is 7.54. The summed E-state index contributed by atoms with van der Waals surface area (Å²) in [5.74, 6) is 1.54. The second-order valence-electron chi connectivity index (χ2n) is 5.85. The fourth-order valence-electron chi connectivity index (χ4n) is 3.25.